The fourth-order valence-corrected chi connectivity index (χ4v) is 2.73. The second kappa shape index (κ2) is 7.80. The average molecular weight is 320 g/mol. The second-order valence-corrected chi connectivity index (χ2v) is 5.81. The zero-order valence-electron chi connectivity index (χ0n) is 13.7. The van der Waals surface area contributed by atoms with E-state index in [4.69, 9.17) is 0 Å². The first-order valence-electron chi connectivity index (χ1n) is 7.99. The molecule has 1 aromatic rings. The van der Waals surface area contributed by atoms with E-state index >= 15 is 0 Å². The molecule has 0 aliphatic carbocycles. The highest BCUT2D eigenvalue weighted by molar-refractivity contribution is 5.93. The van der Waals surface area contributed by atoms with E-state index < -0.39 is 0 Å². The van der Waals surface area contributed by atoms with Gasteiger partial charge in [0.15, 0.2) is 0 Å². The lowest BCUT2D eigenvalue weighted by molar-refractivity contribution is 0.0688. The quantitative estimate of drug-likeness (QED) is 0.850. The van der Waals surface area contributed by atoms with Crippen LogP contribution in [0.3, 0.4) is 0 Å². The van der Waals surface area contributed by atoms with Gasteiger partial charge in [-0.2, -0.15) is 0 Å². The number of hydrogen-bond acceptors (Lipinski definition) is 3. The standard InChI is InChI=1S/C16H24N4O3/c1-3-17-16(23)18-11-12-6-9-20(10-7-12)15(22)13-5-4-8-19(2)14(13)21/h4-5,8,12H,3,6-7,9-11H2,1-2H3,(H2,17,18,23). The van der Waals surface area contributed by atoms with Gasteiger partial charge < -0.3 is 20.1 Å². The summed E-state index contributed by atoms with van der Waals surface area (Å²) in [6.07, 6.45) is 3.29. The van der Waals surface area contributed by atoms with Gasteiger partial charge in [0.1, 0.15) is 5.56 Å². The third-order valence-electron chi connectivity index (χ3n) is 4.14. The summed E-state index contributed by atoms with van der Waals surface area (Å²) >= 11 is 0. The number of amides is 3. The number of pyridine rings is 1. The zero-order chi connectivity index (χ0) is 16.8. The highest BCUT2D eigenvalue weighted by Crippen LogP contribution is 2.17. The van der Waals surface area contributed by atoms with Crippen molar-refractivity contribution in [1.82, 2.24) is 20.1 Å². The van der Waals surface area contributed by atoms with Crippen LogP contribution in [0.1, 0.15) is 30.1 Å². The molecule has 1 aliphatic heterocycles. The summed E-state index contributed by atoms with van der Waals surface area (Å²) in [5.74, 6) is 0.154. The van der Waals surface area contributed by atoms with Crippen LogP contribution >= 0.6 is 0 Å². The second-order valence-electron chi connectivity index (χ2n) is 5.81. The zero-order valence-corrected chi connectivity index (χ0v) is 13.7. The smallest absolute Gasteiger partial charge is 0.314 e. The summed E-state index contributed by atoms with van der Waals surface area (Å²) in [7, 11) is 1.64. The molecule has 1 saturated heterocycles. The Morgan fingerprint density at radius 3 is 2.61 bits per heavy atom. The van der Waals surface area contributed by atoms with E-state index in [0.717, 1.165) is 12.8 Å². The van der Waals surface area contributed by atoms with Gasteiger partial charge in [-0.1, -0.05) is 0 Å². The summed E-state index contributed by atoms with van der Waals surface area (Å²) in [4.78, 5) is 37.6. The molecular weight excluding hydrogens is 296 g/mol. The Kier molecular flexibility index (Phi) is 5.78. The van der Waals surface area contributed by atoms with Crippen LogP contribution in [0.25, 0.3) is 0 Å². The number of aromatic nitrogens is 1. The predicted octanol–water partition coefficient (Wildman–Crippen LogP) is 0.557. The molecule has 0 spiro atoms. The number of aryl methyl sites for hydroxylation is 1. The number of nitrogens with one attached hydrogen (secondary N) is 2. The molecule has 0 unspecified atom stereocenters. The van der Waals surface area contributed by atoms with Crippen molar-refractivity contribution in [1.29, 1.82) is 0 Å². The van der Waals surface area contributed by atoms with Crippen molar-refractivity contribution in [3.63, 3.8) is 0 Å². The minimum Gasteiger partial charge on any atom is -0.338 e. The fourth-order valence-electron chi connectivity index (χ4n) is 2.73. The molecule has 0 bridgehead atoms. The number of carbonyl (C=O) groups is 2. The van der Waals surface area contributed by atoms with Crippen molar-refractivity contribution >= 4 is 11.9 Å². The number of likely N-dealkylation sites (tertiary alicyclic amines) is 1. The van der Waals surface area contributed by atoms with Crippen molar-refractivity contribution < 1.29 is 9.59 Å². The molecule has 126 valence electrons. The van der Waals surface area contributed by atoms with Crippen molar-refractivity contribution in [3.05, 3.63) is 34.2 Å². The van der Waals surface area contributed by atoms with E-state index in [9.17, 15) is 14.4 Å². The normalized spacial score (nSPS) is 15.3. The summed E-state index contributed by atoms with van der Waals surface area (Å²) in [5, 5.41) is 5.53. The van der Waals surface area contributed by atoms with Gasteiger partial charge in [0.25, 0.3) is 11.5 Å². The van der Waals surface area contributed by atoms with E-state index in [0.29, 0.717) is 32.1 Å². The van der Waals surface area contributed by atoms with Crippen LogP contribution in [0, 0.1) is 5.92 Å². The molecule has 7 heteroatoms. The van der Waals surface area contributed by atoms with Crippen LogP contribution in [0.15, 0.2) is 23.1 Å². The highest BCUT2D eigenvalue weighted by Gasteiger charge is 2.25. The maximum atomic E-state index is 12.5. The Morgan fingerprint density at radius 1 is 1.26 bits per heavy atom. The molecule has 0 aromatic carbocycles. The van der Waals surface area contributed by atoms with Crippen molar-refractivity contribution in [2.45, 2.75) is 19.8 Å². The van der Waals surface area contributed by atoms with Gasteiger partial charge in [0, 0.05) is 39.4 Å². The molecule has 23 heavy (non-hydrogen) atoms. The van der Waals surface area contributed by atoms with Gasteiger partial charge in [0.05, 0.1) is 0 Å². The van der Waals surface area contributed by atoms with Crippen LogP contribution in [-0.4, -0.2) is 47.6 Å². The van der Waals surface area contributed by atoms with E-state index in [1.807, 2.05) is 6.92 Å². The molecule has 1 aromatic heterocycles. The molecule has 7 nitrogen and oxygen atoms in total. The Bertz CT molecular complexity index is 618. The topological polar surface area (TPSA) is 83.4 Å². The first-order valence-corrected chi connectivity index (χ1v) is 7.99. The average Bonchev–Trinajstić information content (AvgIpc) is 2.56. The van der Waals surface area contributed by atoms with E-state index in [-0.39, 0.29) is 23.1 Å². The molecule has 0 radical (unpaired) electrons. The number of carbonyl (C=O) groups excluding carboxylic acids is 2. The lowest BCUT2D eigenvalue weighted by atomic mass is 9.96. The lowest BCUT2D eigenvalue weighted by Gasteiger charge is -2.32. The number of hydrogen-bond donors (Lipinski definition) is 2. The largest absolute Gasteiger partial charge is 0.338 e. The van der Waals surface area contributed by atoms with Crippen LogP contribution in [0.2, 0.25) is 0 Å². The summed E-state index contributed by atoms with van der Waals surface area (Å²) in [6.45, 7) is 4.31. The maximum Gasteiger partial charge on any atom is 0.314 e. The van der Waals surface area contributed by atoms with Crippen molar-refractivity contribution in [2.75, 3.05) is 26.2 Å². The number of nitrogens with zero attached hydrogens (tertiary/aromatic N) is 2. The number of urea groups is 1. The Balaban J connectivity index is 1.87. The monoisotopic (exact) mass is 320 g/mol. The molecule has 0 atom stereocenters. The third-order valence-corrected chi connectivity index (χ3v) is 4.14. The number of piperidine rings is 1. The predicted molar refractivity (Wildman–Crippen MR) is 87.4 cm³/mol. The molecule has 2 rings (SSSR count). The third kappa shape index (κ3) is 4.34. The first kappa shape index (κ1) is 17.1. The maximum absolute atomic E-state index is 12.5. The lowest BCUT2D eigenvalue weighted by Crippen LogP contribution is -2.44. The van der Waals surface area contributed by atoms with Gasteiger partial charge in [-0.15, -0.1) is 0 Å². The van der Waals surface area contributed by atoms with Crippen molar-refractivity contribution in [2.24, 2.45) is 13.0 Å². The fraction of sp³-hybridized carbons (Fsp3) is 0.562. The van der Waals surface area contributed by atoms with E-state index in [1.54, 1.807) is 30.3 Å². The SMILES string of the molecule is CCNC(=O)NCC1CCN(C(=O)c2cccn(C)c2=O)CC1. The minimum atomic E-state index is -0.266. The Labute approximate surface area is 135 Å². The van der Waals surface area contributed by atoms with E-state index in [2.05, 4.69) is 10.6 Å². The molecule has 2 N–H and O–H groups in total. The van der Waals surface area contributed by atoms with Gasteiger partial charge in [-0.3, -0.25) is 9.59 Å². The van der Waals surface area contributed by atoms with Gasteiger partial charge >= 0.3 is 6.03 Å². The van der Waals surface area contributed by atoms with Crippen LogP contribution in [0.4, 0.5) is 4.79 Å². The molecule has 1 fully saturated rings. The van der Waals surface area contributed by atoms with Crippen molar-refractivity contribution in [3.8, 4) is 0 Å². The molecule has 3 amide bonds. The molecule has 0 saturated carbocycles. The molecular formula is C16H24N4O3. The Morgan fingerprint density at radius 2 is 1.96 bits per heavy atom. The van der Waals surface area contributed by atoms with Crippen LogP contribution < -0.4 is 16.2 Å². The van der Waals surface area contributed by atoms with E-state index in [1.165, 1.54) is 4.57 Å². The number of rotatable bonds is 4. The summed E-state index contributed by atoms with van der Waals surface area (Å²) in [6, 6.07) is 3.13. The van der Waals surface area contributed by atoms with Gasteiger partial charge in [-0.05, 0) is 37.8 Å². The molecule has 2 heterocycles. The molecule has 1 aliphatic rings. The summed E-state index contributed by atoms with van der Waals surface area (Å²) < 4.78 is 1.41. The minimum absolute atomic E-state index is 0.154. The Hall–Kier alpha value is -2.31. The van der Waals surface area contributed by atoms with Gasteiger partial charge in [-0.25, -0.2) is 4.79 Å². The highest BCUT2D eigenvalue weighted by atomic mass is 16.2. The van der Waals surface area contributed by atoms with Crippen LogP contribution in [-0.2, 0) is 7.05 Å². The summed E-state index contributed by atoms with van der Waals surface area (Å²) in [5.41, 5.74) is -0.0496. The van der Waals surface area contributed by atoms with Crippen LogP contribution in [0.5, 0.6) is 0 Å². The first-order chi connectivity index (χ1) is 11.0. The van der Waals surface area contributed by atoms with Gasteiger partial charge in [0.2, 0.25) is 0 Å².